The molecular formula is C22H22N4O4. The van der Waals surface area contributed by atoms with Gasteiger partial charge >= 0.3 is 0 Å². The van der Waals surface area contributed by atoms with E-state index in [1.165, 1.54) is 0 Å². The normalized spacial score (nSPS) is 10.8. The fourth-order valence-corrected chi connectivity index (χ4v) is 3.42. The smallest absolute Gasteiger partial charge is 0.203 e. The number of ether oxygens (including phenoxy) is 4. The fraction of sp³-hybridized carbons (Fsp3) is 0.182. The zero-order chi connectivity index (χ0) is 21.3. The molecule has 30 heavy (non-hydrogen) atoms. The van der Waals surface area contributed by atoms with Gasteiger partial charge in [-0.2, -0.15) is 5.10 Å². The zero-order valence-electron chi connectivity index (χ0n) is 17.1. The first-order chi connectivity index (χ1) is 14.6. The number of nitrogens with two attached hydrogens (primary N) is 1. The largest absolute Gasteiger partial charge is 0.497 e. The van der Waals surface area contributed by atoms with Gasteiger partial charge in [0.2, 0.25) is 5.75 Å². The third-order valence-corrected chi connectivity index (χ3v) is 4.93. The minimum Gasteiger partial charge on any atom is -0.497 e. The maximum atomic E-state index is 6.23. The summed E-state index contributed by atoms with van der Waals surface area (Å²) in [6, 6.07) is 11.3. The Balaban J connectivity index is 1.87. The van der Waals surface area contributed by atoms with Crippen molar-refractivity contribution in [1.29, 1.82) is 0 Å². The first-order valence-electron chi connectivity index (χ1n) is 9.18. The Morgan fingerprint density at radius 1 is 0.833 bits per heavy atom. The first kappa shape index (κ1) is 19.4. The summed E-state index contributed by atoms with van der Waals surface area (Å²) >= 11 is 0. The third-order valence-electron chi connectivity index (χ3n) is 4.93. The first-order valence-corrected chi connectivity index (χ1v) is 9.18. The van der Waals surface area contributed by atoms with Crippen LogP contribution in [0.4, 0.5) is 5.69 Å². The van der Waals surface area contributed by atoms with Gasteiger partial charge in [0.15, 0.2) is 17.1 Å². The number of fused-ring (bicyclic) bond motifs is 1. The molecule has 4 aromatic rings. The number of nitrogen functional groups attached to an aromatic ring is 1. The van der Waals surface area contributed by atoms with Gasteiger partial charge in [0.25, 0.3) is 0 Å². The van der Waals surface area contributed by atoms with E-state index in [2.05, 4.69) is 15.2 Å². The van der Waals surface area contributed by atoms with Crippen LogP contribution in [0.25, 0.3) is 33.4 Å². The summed E-state index contributed by atoms with van der Waals surface area (Å²) in [7, 11) is 6.34. The highest BCUT2D eigenvalue weighted by atomic mass is 16.5. The van der Waals surface area contributed by atoms with Crippen molar-refractivity contribution in [3.63, 3.8) is 0 Å². The van der Waals surface area contributed by atoms with Crippen LogP contribution in [0.3, 0.4) is 0 Å². The lowest BCUT2D eigenvalue weighted by molar-refractivity contribution is 0.324. The summed E-state index contributed by atoms with van der Waals surface area (Å²) in [5.74, 6) is 2.33. The summed E-state index contributed by atoms with van der Waals surface area (Å²) in [5, 5.41) is 8.24. The predicted octanol–water partition coefficient (Wildman–Crippen LogP) is 3.91. The second kappa shape index (κ2) is 7.82. The molecule has 0 saturated heterocycles. The SMILES string of the molecule is COc1ccc(-c2cnc3n[nH]c(-c4cc(OC)c(OC)c(OC)c4)c3c2)c(N)c1. The number of methoxy groups -OCH3 is 4. The molecule has 2 aromatic heterocycles. The standard InChI is InChI=1S/C22H22N4O4/c1-27-14-5-6-15(17(23)10-14)13-7-16-20(25-26-22(16)24-11-13)12-8-18(28-2)21(30-4)19(9-12)29-3/h5-11H,23H2,1-4H3,(H,24,25,26). The molecule has 0 bridgehead atoms. The Labute approximate surface area is 173 Å². The van der Waals surface area contributed by atoms with Gasteiger partial charge in [-0.05, 0) is 30.3 Å². The lowest BCUT2D eigenvalue weighted by Crippen LogP contribution is -1.96. The van der Waals surface area contributed by atoms with E-state index in [9.17, 15) is 0 Å². The Hall–Kier alpha value is -3.94. The number of hydrogen-bond acceptors (Lipinski definition) is 7. The summed E-state index contributed by atoms with van der Waals surface area (Å²) in [6.45, 7) is 0. The fourth-order valence-electron chi connectivity index (χ4n) is 3.42. The maximum absolute atomic E-state index is 6.23. The number of rotatable bonds is 6. The maximum Gasteiger partial charge on any atom is 0.203 e. The average molecular weight is 406 g/mol. The van der Waals surface area contributed by atoms with Crippen LogP contribution in [0.1, 0.15) is 0 Å². The Kier molecular flexibility index (Phi) is 5.05. The number of aromatic nitrogens is 3. The average Bonchev–Trinajstić information content (AvgIpc) is 3.21. The minimum atomic E-state index is 0.525. The number of hydrogen-bond donors (Lipinski definition) is 2. The van der Waals surface area contributed by atoms with Gasteiger partial charge in [0, 0.05) is 40.0 Å². The molecule has 8 nitrogen and oxygen atoms in total. The summed E-state index contributed by atoms with van der Waals surface area (Å²) in [5.41, 5.74) is 10.8. The van der Waals surface area contributed by atoms with E-state index in [0.29, 0.717) is 34.3 Å². The van der Waals surface area contributed by atoms with Crippen LogP contribution >= 0.6 is 0 Å². The molecule has 154 valence electrons. The van der Waals surface area contributed by atoms with Crippen molar-refractivity contribution in [3.8, 4) is 45.4 Å². The van der Waals surface area contributed by atoms with Gasteiger partial charge in [-0.15, -0.1) is 0 Å². The van der Waals surface area contributed by atoms with Gasteiger partial charge in [0.1, 0.15) is 5.75 Å². The molecule has 0 spiro atoms. The quantitative estimate of drug-likeness (QED) is 0.468. The van der Waals surface area contributed by atoms with Crippen LogP contribution in [0.2, 0.25) is 0 Å². The lowest BCUT2D eigenvalue weighted by atomic mass is 10.0. The van der Waals surface area contributed by atoms with Crippen molar-refractivity contribution in [2.75, 3.05) is 34.2 Å². The second-order valence-electron chi connectivity index (χ2n) is 6.56. The number of nitrogens with zero attached hydrogens (tertiary/aromatic N) is 2. The Morgan fingerprint density at radius 2 is 1.57 bits per heavy atom. The van der Waals surface area contributed by atoms with E-state index in [1.54, 1.807) is 40.7 Å². The highest BCUT2D eigenvalue weighted by Gasteiger charge is 2.18. The van der Waals surface area contributed by atoms with Crippen molar-refractivity contribution in [1.82, 2.24) is 15.2 Å². The van der Waals surface area contributed by atoms with Gasteiger partial charge in [-0.3, -0.25) is 5.10 Å². The van der Waals surface area contributed by atoms with Crippen LogP contribution in [-0.2, 0) is 0 Å². The molecule has 8 heteroatoms. The van der Waals surface area contributed by atoms with Crippen LogP contribution in [-0.4, -0.2) is 43.6 Å². The Morgan fingerprint density at radius 3 is 2.17 bits per heavy atom. The van der Waals surface area contributed by atoms with E-state index in [1.807, 2.05) is 30.3 Å². The molecule has 0 fully saturated rings. The van der Waals surface area contributed by atoms with Crippen LogP contribution < -0.4 is 24.7 Å². The van der Waals surface area contributed by atoms with Crippen LogP contribution in [0, 0.1) is 0 Å². The number of aromatic amines is 1. The summed E-state index contributed by atoms with van der Waals surface area (Å²) in [4.78, 5) is 4.49. The van der Waals surface area contributed by atoms with Gasteiger partial charge in [-0.25, -0.2) is 4.98 Å². The summed E-state index contributed by atoms with van der Waals surface area (Å²) in [6.07, 6.45) is 1.75. The molecule has 4 rings (SSSR count). The van der Waals surface area contributed by atoms with Gasteiger partial charge in [0.05, 0.1) is 34.1 Å². The van der Waals surface area contributed by atoms with Gasteiger partial charge in [-0.1, -0.05) is 0 Å². The van der Waals surface area contributed by atoms with E-state index in [4.69, 9.17) is 24.7 Å². The molecule has 0 aliphatic rings. The molecule has 0 saturated carbocycles. The topological polar surface area (TPSA) is 105 Å². The monoisotopic (exact) mass is 406 g/mol. The lowest BCUT2D eigenvalue weighted by Gasteiger charge is -2.13. The number of nitrogens with one attached hydrogen (secondary N) is 1. The molecule has 2 heterocycles. The summed E-state index contributed by atoms with van der Waals surface area (Å²) < 4.78 is 21.6. The third kappa shape index (κ3) is 3.22. The van der Waals surface area contributed by atoms with E-state index in [-0.39, 0.29) is 0 Å². The van der Waals surface area contributed by atoms with Gasteiger partial charge < -0.3 is 24.7 Å². The molecule has 3 N–H and O–H groups in total. The second-order valence-corrected chi connectivity index (χ2v) is 6.56. The zero-order valence-corrected chi connectivity index (χ0v) is 17.1. The highest BCUT2D eigenvalue weighted by Crippen LogP contribution is 2.42. The highest BCUT2D eigenvalue weighted by molar-refractivity contribution is 5.95. The molecule has 0 amide bonds. The predicted molar refractivity (Wildman–Crippen MR) is 115 cm³/mol. The van der Waals surface area contributed by atoms with E-state index in [0.717, 1.165) is 27.8 Å². The molecule has 2 aromatic carbocycles. The Bertz CT molecular complexity index is 1190. The molecule has 0 atom stereocenters. The number of pyridine rings is 1. The number of anilines is 1. The number of H-pyrrole nitrogens is 1. The molecule has 0 unspecified atom stereocenters. The van der Waals surface area contributed by atoms with Crippen molar-refractivity contribution in [2.24, 2.45) is 0 Å². The minimum absolute atomic E-state index is 0.525. The van der Waals surface area contributed by atoms with Crippen molar-refractivity contribution in [2.45, 2.75) is 0 Å². The van der Waals surface area contributed by atoms with Crippen molar-refractivity contribution >= 4 is 16.7 Å². The van der Waals surface area contributed by atoms with Crippen molar-refractivity contribution < 1.29 is 18.9 Å². The van der Waals surface area contributed by atoms with Crippen LogP contribution in [0.15, 0.2) is 42.6 Å². The molecular weight excluding hydrogens is 384 g/mol. The molecule has 0 radical (unpaired) electrons. The van der Waals surface area contributed by atoms with Crippen LogP contribution in [0.5, 0.6) is 23.0 Å². The van der Waals surface area contributed by atoms with Crippen molar-refractivity contribution in [3.05, 3.63) is 42.6 Å². The number of benzene rings is 2. The molecule has 0 aliphatic carbocycles. The molecule has 0 aliphatic heterocycles. The van der Waals surface area contributed by atoms with E-state index < -0.39 is 0 Å². The van der Waals surface area contributed by atoms with E-state index >= 15 is 0 Å².